The minimum absolute atomic E-state index is 0.256. The molecule has 0 bridgehead atoms. The lowest BCUT2D eigenvalue weighted by Gasteiger charge is -2.43. The second kappa shape index (κ2) is 11.4. The minimum Gasteiger partial charge on any atom is -0.465 e. The fourth-order valence-electron chi connectivity index (χ4n) is 5.92. The van der Waals surface area contributed by atoms with Crippen LogP contribution in [0, 0.1) is 0 Å². The van der Waals surface area contributed by atoms with Crippen molar-refractivity contribution in [1.82, 2.24) is 24.4 Å². The smallest absolute Gasteiger partial charge is 0.337 e. The van der Waals surface area contributed by atoms with Crippen molar-refractivity contribution in [3.05, 3.63) is 126 Å². The second-order valence-electron chi connectivity index (χ2n) is 11.1. The summed E-state index contributed by atoms with van der Waals surface area (Å²) < 4.78 is 6.90. The van der Waals surface area contributed by atoms with Crippen LogP contribution in [0.2, 0.25) is 0 Å². The van der Waals surface area contributed by atoms with Crippen LogP contribution in [0.5, 0.6) is 0 Å². The zero-order valence-corrected chi connectivity index (χ0v) is 24.6. The number of rotatable bonds is 7. The van der Waals surface area contributed by atoms with Gasteiger partial charge in [0.2, 0.25) is 0 Å². The van der Waals surface area contributed by atoms with Crippen molar-refractivity contribution >= 4 is 23.0 Å². The molecular weight excluding hydrogens is 548 g/mol. The van der Waals surface area contributed by atoms with Gasteiger partial charge in [-0.3, -0.25) is 9.47 Å². The number of hydrogen-bond acceptors (Lipinski definition) is 7. The molecule has 0 aliphatic carbocycles. The summed E-state index contributed by atoms with van der Waals surface area (Å²) in [4.78, 5) is 28.6. The van der Waals surface area contributed by atoms with E-state index in [9.17, 15) is 4.79 Å². The van der Waals surface area contributed by atoms with Gasteiger partial charge >= 0.3 is 5.97 Å². The van der Waals surface area contributed by atoms with Crippen LogP contribution >= 0.6 is 0 Å². The van der Waals surface area contributed by atoms with Crippen LogP contribution < -0.4 is 5.73 Å². The van der Waals surface area contributed by atoms with Crippen LogP contribution in [0.1, 0.15) is 40.4 Å². The van der Waals surface area contributed by atoms with Crippen molar-refractivity contribution in [3.63, 3.8) is 0 Å². The van der Waals surface area contributed by atoms with Gasteiger partial charge in [0.05, 0.1) is 23.9 Å². The van der Waals surface area contributed by atoms with E-state index < -0.39 is 0 Å². The SMILES string of the molecule is COC(=O)c1ccc(C(C)N2CC(c3ccc(-n4c(-c5cccnc5N)nc5ccc(-c6ccccc6)nc54)cc3)C2)cc1. The van der Waals surface area contributed by atoms with Crippen LogP contribution in [0.3, 0.4) is 0 Å². The molecular formula is C36H32N6O2. The van der Waals surface area contributed by atoms with Crippen LogP contribution in [0.4, 0.5) is 5.82 Å². The van der Waals surface area contributed by atoms with E-state index in [2.05, 4.69) is 57.8 Å². The highest BCUT2D eigenvalue weighted by Gasteiger charge is 2.32. The number of likely N-dealkylation sites (tertiary alicyclic amines) is 1. The minimum atomic E-state index is -0.316. The predicted molar refractivity (Wildman–Crippen MR) is 172 cm³/mol. The molecule has 6 aromatic rings. The molecule has 1 atom stereocenters. The molecule has 1 aliphatic heterocycles. The molecule has 3 aromatic carbocycles. The summed E-state index contributed by atoms with van der Waals surface area (Å²) in [6.07, 6.45) is 1.69. The zero-order chi connectivity index (χ0) is 30.2. The topological polar surface area (TPSA) is 99.2 Å². The number of nitrogen functional groups attached to an aromatic ring is 1. The summed E-state index contributed by atoms with van der Waals surface area (Å²) in [5.74, 6) is 1.26. The number of benzene rings is 3. The van der Waals surface area contributed by atoms with Gasteiger partial charge < -0.3 is 10.5 Å². The Labute approximate surface area is 255 Å². The molecule has 0 spiro atoms. The molecule has 0 amide bonds. The molecule has 1 unspecified atom stereocenters. The molecule has 7 rings (SSSR count). The zero-order valence-electron chi connectivity index (χ0n) is 24.6. The van der Waals surface area contributed by atoms with E-state index in [4.69, 9.17) is 20.4 Å². The normalized spacial score (nSPS) is 14.3. The van der Waals surface area contributed by atoms with E-state index in [-0.39, 0.29) is 12.0 Å². The van der Waals surface area contributed by atoms with Gasteiger partial charge in [0.1, 0.15) is 11.3 Å². The first-order valence-corrected chi connectivity index (χ1v) is 14.7. The molecule has 1 fully saturated rings. The first kappa shape index (κ1) is 27.5. The average Bonchev–Trinajstić information content (AvgIpc) is 3.43. The maximum Gasteiger partial charge on any atom is 0.337 e. The highest BCUT2D eigenvalue weighted by atomic mass is 16.5. The summed E-state index contributed by atoms with van der Waals surface area (Å²) >= 11 is 0. The number of nitrogens with zero attached hydrogens (tertiary/aromatic N) is 5. The number of nitrogens with two attached hydrogens (primary N) is 1. The lowest BCUT2D eigenvalue weighted by Crippen LogP contribution is -2.46. The first-order valence-electron chi connectivity index (χ1n) is 14.7. The van der Waals surface area contributed by atoms with Crippen molar-refractivity contribution in [1.29, 1.82) is 0 Å². The standard InChI is InChI=1S/C36H32N6O2/c1-23(24-10-12-27(13-11-24)36(43)44-2)41-21-28(22-41)25-14-16-29(17-15-25)42-34(30-9-6-20-38-33(30)37)40-32-19-18-31(39-35(32)42)26-7-4-3-5-8-26/h3-20,23,28H,21-22H2,1-2H3,(H2,37,38). The number of methoxy groups -OCH3 is 1. The Hall–Kier alpha value is -5.34. The van der Waals surface area contributed by atoms with E-state index >= 15 is 0 Å². The summed E-state index contributed by atoms with van der Waals surface area (Å²) in [5, 5.41) is 0. The Morgan fingerprint density at radius 2 is 1.64 bits per heavy atom. The quantitative estimate of drug-likeness (QED) is 0.210. The third kappa shape index (κ3) is 4.99. The third-order valence-electron chi connectivity index (χ3n) is 8.55. The number of anilines is 1. The lowest BCUT2D eigenvalue weighted by molar-refractivity contribution is 0.0600. The largest absolute Gasteiger partial charge is 0.465 e. The van der Waals surface area contributed by atoms with Crippen molar-refractivity contribution in [3.8, 4) is 28.3 Å². The molecule has 0 radical (unpaired) electrons. The summed E-state index contributed by atoms with van der Waals surface area (Å²) in [6, 6.07) is 34.6. The highest BCUT2D eigenvalue weighted by molar-refractivity contribution is 5.89. The molecule has 8 heteroatoms. The molecule has 1 aliphatic rings. The van der Waals surface area contributed by atoms with E-state index in [0.717, 1.165) is 46.8 Å². The van der Waals surface area contributed by atoms with Gasteiger partial charge in [0.15, 0.2) is 11.5 Å². The number of pyridine rings is 2. The van der Waals surface area contributed by atoms with E-state index in [1.54, 1.807) is 6.20 Å². The lowest BCUT2D eigenvalue weighted by atomic mass is 9.88. The molecule has 2 N–H and O–H groups in total. The summed E-state index contributed by atoms with van der Waals surface area (Å²) in [5.41, 5.74) is 14.6. The van der Waals surface area contributed by atoms with Crippen LogP contribution in [0.25, 0.3) is 39.5 Å². The second-order valence-corrected chi connectivity index (χ2v) is 11.1. The molecule has 44 heavy (non-hydrogen) atoms. The fraction of sp³-hybridized carbons (Fsp3) is 0.167. The van der Waals surface area contributed by atoms with E-state index in [0.29, 0.717) is 23.1 Å². The molecule has 0 saturated carbocycles. The van der Waals surface area contributed by atoms with Gasteiger partial charge in [-0.05, 0) is 66.6 Å². The molecule has 218 valence electrons. The Morgan fingerprint density at radius 3 is 2.34 bits per heavy atom. The Balaban J connectivity index is 1.17. The predicted octanol–water partition coefficient (Wildman–Crippen LogP) is 6.68. The Kier molecular flexibility index (Phi) is 7.12. The Morgan fingerprint density at radius 1 is 0.886 bits per heavy atom. The first-order chi connectivity index (χ1) is 21.5. The maximum atomic E-state index is 11.8. The average molecular weight is 581 g/mol. The van der Waals surface area contributed by atoms with Crippen molar-refractivity contribution in [2.75, 3.05) is 25.9 Å². The highest BCUT2D eigenvalue weighted by Crippen LogP contribution is 2.36. The number of aromatic nitrogens is 4. The number of carbonyl (C=O) groups is 1. The molecule has 1 saturated heterocycles. The van der Waals surface area contributed by atoms with Gasteiger partial charge in [-0.15, -0.1) is 0 Å². The number of carbonyl (C=O) groups excluding carboxylic acids is 1. The monoisotopic (exact) mass is 580 g/mol. The van der Waals surface area contributed by atoms with Crippen molar-refractivity contribution in [2.24, 2.45) is 0 Å². The maximum absolute atomic E-state index is 11.8. The third-order valence-corrected chi connectivity index (χ3v) is 8.55. The van der Waals surface area contributed by atoms with E-state index in [1.165, 1.54) is 18.2 Å². The number of hydrogen-bond donors (Lipinski definition) is 1. The number of ether oxygens (including phenoxy) is 1. The van der Waals surface area contributed by atoms with Gasteiger partial charge in [-0.25, -0.2) is 19.7 Å². The van der Waals surface area contributed by atoms with Crippen LogP contribution in [0.15, 0.2) is 109 Å². The van der Waals surface area contributed by atoms with Crippen LogP contribution in [-0.4, -0.2) is 50.6 Å². The summed E-state index contributed by atoms with van der Waals surface area (Å²) in [6.45, 7) is 4.14. The van der Waals surface area contributed by atoms with Gasteiger partial charge in [0, 0.05) is 42.5 Å². The van der Waals surface area contributed by atoms with Gasteiger partial charge in [-0.1, -0.05) is 54.6 Å². The number of fused-ring (bicyclic) bond motifs is 1. The molecule has 3 aromatic heterocycles. The number of esters is 1. The Bertz CT molecular complexity index is 1950. The fourth-order valence-corrected chi connectivity index (χ4v) is 5.92. The van der Waals surface area contributed by atoms with Crippen molar-refractivity contribution < 1.29 is 9.53 Å². The summed E-state index contributed by atoms with van der Waals surface area (Å²) in [7, 11) is 1.40. The molecule has 8 nitrogen and oxygen atoms in total. The van der Waals surface area contributed by atoms with Gasteiger partial charge in [0.25, 0.3) is 0 Å². The van der Waals surface area contributed by atoms with E-state index in [1.807, 2.05) is 66.7 Å². The number of imidazole rings is 1. The van der Waals surface area contributed by atoms with Crippen molar-refractivity contribution in [2.45, 2.75) is 18.9 Å². The molecule has 4 heterocycles. The van der Waals surface area contributed by atoms with Gasteiger partial charge in [-0.2, -0.15) is 0 Å². The van der Waals surface area contributed by atoms with Crippen LogP contribution in [-0.2, 0) is 4.74 Å².